The molecule has 6 rings (SSSR count). The number of β-amino-alcohol motifs (C(OH)–C–C–N with tert-alkyl or cyclic N) is 1. The molecule has 0 spiro atoms. The fraction of sp³-hybridized carbons (Fsp3) is 0.333. The van der Waals surface area contributed by atoms with E-state index in [0.717, 1.165) is 81.8 Å². The number of nitriles is 1. The first-order chi connectivity index (χ1) is 26.4. The van der Waals surface area contributed by atoms with Crippen LogP contribution in [-0.4, -0.2) is 69.5 Å². The van der Waals surface area contributed by atoms with Crippen molar-refractivity contribution in [3.8, 4) is 22.9 Å². The first-order valence-corrected chi connectivity index (χ1v) is 18.9. The minimum absolute atomic E-state index is 0.277. The van der Waals surface area contributed by atoms with Gasteiger partial charge in [0, 0.05) is 56.4 Å². The summed E-state index contributed by atoms with van der Waals surface area (Å²) in [5.74, 6) is -0.221. The van der Waals surface area contributed by atoms with Crippen molar-refractivity contribution in [2.24, 2.45) is 10.9 Å². The van der Waals surface area contributed by atoms with E-state index in [9.17, 15) is 20.3 Å². The first-order valence-electron chi connectivity index (χ1n) is 18.9. The quantitative estimate of drug-likeness (QED) is 0.0916. The number of hydrogen-bond acceptors (Lipinski definition) is 9. The molecular formula is C45H50N6O4. The molecule has 0 aliphatic carbocycles. The lowest BCUT2D eigenvalue weighted by Crippen LogP contribution is -2.38. The lowest BCUT2D eigenvalue weighted by atomic mass is 9.92. The molecule has 0 radical (unpaired) electrons. The number of likely N-dealkylation sites (tertiary alicyclic amines) is 2. The van der Waals surface area contributed by atoms with Gasteiger partial charge in [-0.25, -0.2) is 0 Å². The van der Waals surface area contributed by atoms with Gasteiger partial charge in [0.1, 0.15) is 23.3 Å². The average Bonchev–Trinajstić information content (AvgIpc) is 3.57. The topological polar surface area (TPSA) is 134 Å². The number of carboxylic acid groups (broad SMARTS) is 1. The summed E-state index contributed by atoms with van der Waals surface area (Å²) in [7, 11) is 0. The maximum absolute atomic E-state index is 11.6. The van der Waals surface area contributed by atoms with E-state index in [4.69, 9.17) is 9.72 Å². The molecule has 284 valence electrons. The van der Waals surface area contributed by atoms with Crippen LogP contribution in [0.25, 0.3) is 22.6 Å². The number of aryl methyl sites for hydroxylation is 1. The third kappa shape index (κ3) is 9.03. The Morgan fingerprint density at radius 2 is 1.75 bits per heavy atom. The molecule has 0 saturated carbocycles. The summed E-state index contributed by atoms with van der Waals surface area (Å²) < 4.78 is 6.39. The Morgan fingerprint density at radius 3 is 2.45 bits per heavy atom. The van der Waals surface area contributed by atoms with Crippen LogP contribution in [0, 0.1) is 38.0 Å². The van der Waals surface area contributed by atoms with Crippen LogP contribution in [-0.2, 0) is 17.9 Å². The van der Waals surface area contributed by atoms with Crippen LogP contribution in [0.1, 0.15) is 70.8 Å². The van der Waals surface area contributed by atoms with Crippen molar-refractivity contribution in [1.29, 1.82) is 5.26 Å². The minimum atomic E-state index is -0.756. The second kappa shape index (κ2) is 17.2. The highest BCUT2D eigenvalue weighted by Gasteiger charge is 2.26. The number of benzene rings is 3. The Kier molecular flexibility index (Phi) is 12.3. The molecule has 3 aromatic carbocycles. The number of pyridine rings is 1. The molecule has 0 bridgehead atoms. The standard InChI is InChI=1S/C45H50N6O4/c1-7-47-42-21-34(25-51-18-16-37(52)27-51)23-48-43(42)31(5)49-41-15-9-14-40(30(41)4)39-13-8-12-38(29(39)3)32(6)55-44-28(2)19-33(20-36(44)22-46)24-50-17-10-11-35(26-50)45(53)54/h7-9,12-15,19-21,23,35,37,49,52H,5-6,10-11,16-18,24-27H2,1-4H3,(H,53,54)/b47-7-/t35?,37-/m1/s1. The number of piperidine rings is 1. The second-order valence-corrected chi connectivity index (χ2v) is 14.7. The van der Waals surface area contributed by atoms with Gasteiger partial charge in [-0.2, -0.15) is 5.26 Å². The van der Waals surface area contributed by atoms with E-state index in [1.807, 2.05) is 69.4 Å². The summed E-state index contributed by atoms with van der Waals surface area (Å²) in [4.78, 5) is 25.3. The Balaban J connectivity index is 1.19. The zero-order chi connectivity index (χ0) is 39.2. The molecular weight excluding hydrogens is 689 g/mol. The van der Waals surface area contributed by atoms with Crippen LogP contribution >= 0.6 is 0 Å². The van der Waals surface area contributed by atoms with E-state index in [0.29, 0.717) is 61.1 Å². The van der Waals surface area contributed by atoms with Crippen molar-refractivity contribution in [2.75, 3.05) is 31.5 Å². The molecule has 3 heterocycles. The Hall–Kier alpha value is -5.60. The number of carbonyl (C=O) groups is 1. The van der Waals surface area contributed by atoms with Gasteiger partial charge < -0.3 is 20.3 Å². The Morgan fingerprint density at radius 1 is 1.02 bits per heavy atom. The predicted octanol–water partition coefficient (Wildman–Crippen LogP) is 8.26. The molecule has 2 saturated heterocycles. The second-order valence-electron chi connectivity index (χ2n) is 14.7. The molecule has 2 fully saturated rings. The number of aliphatic imine (C=N–C) groups is 1. The van der Waals surface area contributed by atoms with Gasteiger partial charge in [-0.3, -0.25) is 24.6 Å². The van der Waals surface area contributed by atoms with E-state index in [2.05, 4.69) is 58.4 Å². The molecule has 0 amide bonds. The van der Waals surface area contributed by atoms with Crippen molar-refractivity contribution < 1.29 is 19.7 Å². The molecule has 10 nitrogen and oxygen atoms in total. The summed E-state index contributed by atoms with van der Waals surface area (Å²) in [5.41, 5.74) is 11.0. The number of aromatic nitrogens is 1. The highest BCUT2D eigenvalue weighted by molar-refractivity contribution is 5.85. The number of nitrogens with one attached hydrogen (secondary N) is 1. The van der Waals surface area contributed by atoms with Gasteiger partial charge in [0.05, 0.1) is 29.0 Å². The Bertz CT molecular complexity index is 2190. The molecule has 10 heteroatoms. The van der Waals surface area contributed by atoms with Crippen LogP contribution in [0.15, 0.2) is 78.9 Å². The molecule has 2 aliphatic heterocycles. The first kappa shape index (κ1) is 39.1. The normalized spacial score (nSPS) is 17.6. The molecule has 1 aromatic heterocycles. The molecule has 2 atom stereocenters. The van der Waals surface area contributed by atoms with Crippen LogP contribution in [0.4, 0.5) is 11.4 Å². The number of hydrogen-bond donors (Lipinski definition) is 3. The third-order valence-corrected chi connectivity index (χ3v) is 10.6. The smallest absolute Gasteiger partial charge is 0.307 e. The maximum Gasteiger partial charge on any atom is 0.307 e. The largest absolute Gasteiger partial charge is 0.481 e. The molecule has 4 aromatic rings. The number of anilines is 1. The summed E-state index contributed by atoms with van der Waals surface area (Å²) in [6, 6.07) is 20.3. The fourth-order valence-corrected chi connectivity index (χ4v) is 7.78. The zero-order valence-electron chi connectivity index (χ0n) is 32.2. The number of nitrogens with zero attached hydrogens (tertiary/aromatic N) is 5. The van der Waals surface area contributed by atoms with E-state index in [1.54, 1.807) is 6.21 Å². The highest BCUT2D eigenvalue weighted by Crippen LogP contribution is 2.37. The average molecular weight is 739 g/mol. The van der Waals surface area contributed by atoms with E-state index < -0.39 is 5.97 Å². The van der Waals surface area contributed by atoms with Gasteiger partial charge in [0.15, 0.2) is 0 Å². The highest BCUT2D eigenvalue weighted by atomic mass is 16.5. The van der Waals surface area contributed by atoms with Gasteiger partial charge >= 0.3 is 5.97 Å². The van der Waals surface area contributed by atoms with Crippen molar-refractivity contribution in [3.05, 3.63) is 119 Å². The number of aliphatic carboxylic acids is 1. The molecule has 1 unspecified atom stereocenters. The van der Waals surface area contributed by atoms with E-state index in [-0.39, 0.29) is 12.0 Å². The van der Waals surface area contributed by atoms with Crippen molar-refractivity contribution >= 4 is 35.0 Å². The number of ether oxygens (including phenoxy) is 1. The van der Waals surface area contributed by atoms with Gasteiger partial charge in [-0.15, -0.1) is 0 Å². The van der Waals surface area contributed by atoms with Crippen molar-refractivity contribution in [1.82, 2.24) is 14.8 Å². The number of carboxylic acids is 1. The number of aliphatic hydroxyl groups is 1. The fourth-order valence-electron chi connectivity index (χ4n) is 7.78. The summed E-state index contributed by atoms with van der Waals surface area (Å²) in [6.45, 7) is 20.7. The van der Waals surface area contributed by atoms with Gasteiger partial charge in [0.25, 0.3) is 0 Å². The summed E-state index contributed by atoms with van der Waals surface area (Å²) in [6.07, 6.45) is 5.65. The third-order valence-electron chi connectivity index (χ3n) is 10.6. The molecule has 55 heavy (non-hydrogen) atoms. The minimum Gasteiger partial charge on any atom is -0.481 e. The van der Waals surface area contributed by atoms with E-state index >= 15 is 0 Å². The van der Waals surface area contributed by atoms with E-state index in [1.165, 1.54) is 0 Å². The van der Waals surface area contributed by atoms with Crippen LogP contribution in [0.2, 0.25) is 0 Å². The lowest BCUT2D eigenvalue weighted by Gasteiger charge is -2.30. The van der Waals surface area contributed by atoms with Crippen LogP contribution in [0.3, 0.4) is 0 Å². The SMILES string of the molecule is C=C(Oc1c(C)cc(CN2CCCC(C(=O)O)C2)cc1C#N)c1cccc(-c2cccc(NC(=C)c3ncc(CN4CC[C@@H](O)C4)cc3/N=C\C)c2C)c1C. The predicted molar refractivity (Wildman–Crippen MR) is 219 cm³/mol. The van der Waals surface area contributed by atoms with Crippen molar-refractivity contribution in [3.63, 3.8) is 0 Å². The molecule has 2 aliphatic rings. The number of rotatable bonds is 13. The summed E-state index contributed by atoms with van der Waals surface area (Å²) >= 11 is 0. The zero-order valence-corrected chi connectivity index (χ0v) is 32.2. The van der Waals surface area contributed by atoms with Gasteiger partial charge in [-0.05, 0) is 111 Å². The summed E-state index contributed by atoms with van der Waals surface area (Å²) in [5, 5.41) is 33.1. The monoisotopic (exact) mass is 738 g/mol. The van der Waals surface area contributed by atoms with Gasteiger partial charge in [-0.1, -0.05) is 49.6 Å². The van der Waals surface area contributed by atoms with Crippen LogP contribution in [0.5, 0.6) is 5.75 Å². The lowest BCUT2D eigenvalue weighted by molar-refractivity contribution is -0.143. The maximum atomic E-state index is 11.6. The van der Waals surface area contributed by atoms with Crippen molar-refractivity contribution in [2.45, 2.75) is 66.2 Å². The Labute approximate surface area is 324 Å². The van der Waals surface area contributed by atoms with Crippen LogP contribution < -0.4 is 10.1 Å². The number of aliphatic hydroxyl groups excluding tert-OH is 1. The molecule has 3 N–H and O–H groups in total. The van der Waals surface area contributed by atoms with Gasteiger partial charge in [0.2, 0.25) is 0 Å².